The molecule has 19 heteroatoms. The maximum atomic E-state index is 13.1. The summed E-state index contributed by atoms with van der Waals surface area (Å²) in [5.74, 6) is -0.465. The Labute approximate surface area is 600 Å². The predicted molar refractivity (Wildman–Crippen MR) is 400 cm³/mol. The molecule has 0 aliphatic rings. The molecule has 0 aromatic heterocycles. The van der Waals surface area contributed by atoms with E-state index in [1.54, 1.807) is 0 Å². The maximum absolute atomic E-state index is 13.1. The van der Waals surface area contributed by atoms with E-state index in [0.29, 0.717) is 25.7 Å². The third-order valence-electron chi connectivity index (χ3n) is 18.8. The number of hydrogen-bond acceptors (Lipinski definition) is 15. The van der Waals surface area contributed by atoms with E-state index >= 15 is 0 Å². The molecular weight excluding hydrogens is 1280 g/mol. The van der Waals surface area contributed by atoms with Crippen molar-refractivity contribution in [3.05, 3.63) is 0 Å². The summed E-state index contributed by atoms with van der Waals surface area (Å²) < 4.78 is 68.6. The van der Waals surface area contributed by atoms with Gasteiger partial charge in [0.15, 0.2) is 12.2 Å². The highest BCUT2D eigenvalue weighted by atomic mass is 31.2. The van der Waals surface area contributed by atoms with Crippen LogP contribution in [0.3, 0.4) is 0 Å². The summed E-state index contributed by atoms with van der Waals surface area (Å²) in [6, 6.07) is 0. The third-order valence-corrected chi connectivity index (χ3v) is 20.7. The van der Waals surface area contributed by atoms with Gasteiger partial charge in [-0.1, -0.05) is 363 Å². The number of esters is 4. The normalized spacial score (nSPS) is 14.2. The van der Waals surface area contributed by atoms with Crippen LogP contribution in [0.2, 0.25) is 0 Å². The van der Waals surface area contributed by atoms with Crippen molar-refractivity contribution >= 4 is 39.5 Å². The first-order chi connectivity index (χ1) is 47.4. The van der Waals surface area contributed by atoms with Crippen molar-refractivity contribution in [1.29, 1.82) is 0 Å². The lowest BCUT2D eigenvalue weighted by Crippen LogP contribution is -2.30. The number of carbonyl (C=O) groups is 4. The summed E-state index contributed by atoms with van der Waals surface area (Å²) >= 11 is 0. The summed E-state index contributed by atoms with van der Waals surface area (Å²) in [5, 5.41) is 10.6. The van der Waals surface area contributed by atoms with Crippen LogP contribution in [0.4, 0.5) is 0 Å². The van der Waals surface area contributed by atoms with Gasteiger partial charge in [-0.3, -0.25) is 37.3 Å². The van der Waals surface area contributed by atoms with E-state index in [4.69, 9.17) is 37.0 Å². The van der Waals surface area contributed by atoms with Gasteiger partial charge in [0.2, 0.25) is 0 Å². The minimum absolute atomic E-state index is 0.108. The molecule has 17 nitrogen and oxygen atoms in total. The van der Waals surface area contributed by atoms with Crippen molar-refractivity contribution < 1.29 is 80.2 Å². The molecule has 3 N–H and O–H groups in total. The summed E-state index contributed by atoms with van der Waals surface area (Å²) in [6.07, 6.45) is 59.5. The third kappa shape index (κ3) is 71.1. The fourth-order valence-corrected chi connectivity index (χ4v) is 13.7. The van der Waals surface area contributed by atoms with E-state index < -0.39 is 97.5 Å². The fourth-order valence-electron chi connectivity index (χ4n) is 12.2. The quantitative estimate of drug-likeness (QED) is 0.0222. The van der Waals surface area contributed by atoms with Gasteiger partial charge in [0.25, 0.3) is 0 Å². The SMILES string of the molecule is CCCCCCCCCCCCCCCCC(=O)O[C@H](COC(=O)CCCCCCCCCCC)COP(=O)(O)OC[C@H](O)COP(=O)(O)OC[C@@H](COC(=O)CCCCCCCCCCCCCCCCC(C)C)OC(=O)CCCCCCCCCCCCCCCCC(C)CC. The lowest BCUT2D eigenvalue weighted by Gasteiger charge is -2.21. The molecule has 0 amide bonds. The van der Waals surface area contributed by atoms with Gasteiger partial charge in [0.1, 0.15) is 19.3 Å². The van der Waals surface area contributed by atoms with Crippen LogP contribution < -0.4 is 0 Å². The number of unbranched alkanes of at least 4 members (excludes halogenated alkanes) is 47. The van der Waals surface area contributed by atoms with Gasteiger partial charge in [-0.25, -0.2) is 9.13 Å². The molecule has 0 aromatic rings. The highest BCUT2D eigenvalue weighted by molar-refractivity contribution is 7.47. The average Bonchev–Trinajstić information content (AvgIpc) is 1.00. The van der Waals surface area contributed by atoms with Crippen molar-refractivity contribution in [3.8, 4) is 0 Å². The fraction of sp³-hybridized carbons (Fsp3) is 0.949. The van der Waals surface area contributed by atoms with E-state index in [0.717, 1.165) is 102 Å². The first-order valence-corrected chi connectivity index (χ1v) is 44.0. The smallest absolute Gasteiger partial charge is 0.462 e. The van der Waals surface area contributed by atoms with Crippen LogP contribution in [-0.2, 0) is 65.4 Å². The number of aliphatic hydroxyl groups excluding tert-OH is 1. The molecule has 6 atom stereocenters. The van der Waals surface area contributed by atoms with Crippen molar-refractivity contribution in [2.24, 2.45) is 11.8 Å². The second-order valence-electron chi connectivity index (χ2n) is 29.2. The average molecular weight is 1440 g/mol. The number of carbonyl (C=O) groups excluding carboxylic acids is 4. The molecule has 0 fully saturated rings. The standard InChI is InChI=1S/C79H154O17P2/c1-7-10-12-14-16-18-19-20-27-33-39-45-51-57-63-78(83)95-74(67-89-76(81)61-55-49-43-35-17-15-13-11-8-2)69-93-97(85,86)91-65-73(80)66-92-98(87,88)94-70-75(68-90-77(82)62-56-50-44-38-32-28-23-21-25-30-36-41-47-53-59-71(4)5)96-79(84)64-58-52-46-40-34-29-24-22-26-31-37-42-48-54-60-72(6)9-3/h71-75,80H,7-70H2,1-6H3,(H,85,86)(H,87,88)/t72?,73-,74+,75+/m0/s1. The van der Waals surface area contributed by atoms with Gasteiger partial charge in [-0.05, 0) is 37.5 Å². The molecule has 0 aliphatic heterocycles. The molecule has 0 bridgehead atoms. The molecule has 582 valence electrons. The molecule has 3 unspecified atom stereocenters. The molecule has 0 saturated heterocycles. The first kappa shape index (κ1) is 96.1. The van der Waals surface area contributed by atoms with Gasteiger partial charge in [-0.2, -0.15) is 0 Å². The van der Waals surface area contributed by atoms with Crippen molar-refractivity contribution in [1.82, 2.24) is 0 Å². The summed E-state index contributed by atoms with van der Waals surface area (Å²) in [5.41, 5.74) is 0. The van der Waals surface area contributed by atoms with Crippen LogP contribution in [0.25, 0.3) is 0 Å². The largest absolute Gasteiger partial charge is 0.472 e. The van der Waals surface area contributed by atoms with E-state index in [-0.39, 0.29) is 25.7 Å². The highest BCUT2D eigenvalue weighted by Crippen LogP contribution is 2.45. The topological polar surface area (TPSA) is 237 Å². The second kappa shape index (κ2) is 70.7. The number of ether oxygens (including phenoxy) is 4. The number of phosphoric acid groups is 2. The van der Waals surface area contributed by atoms with E-state index in [9.17, 15) is 43.2 Å². The molecule has 0 aromatic carbocycles. The number of aliphatic hydroxyl groups is 1. The summed E-state index contributed by atoms with van der Waals surface area (Å²) in [4.78, 5) is 72.9. The van der Waals surface area contributed by atoms with Gasteiger partial charge in [0, 0.05) is 25.7 Å². The Hall–Kier alpha value is -1.94. The van der Waals surface area contributed by atoms with E-state index in [2.05, 4.69) is 41.5 Å². The Morgan fingerprint density at radius 1 is 0.296 bits per heavy atom. The monoisotopic (exact) mass is 1440 g/mol. The molecule has 98 heavy (non-hydrogen) atoms. The van der Waals surface area contributed by atoms with Crippen molar-refractivity contribution in [2.75, 3.05) is 39.6 Å². The molecule has 0 aliphatic carbocycles. The molecule has 0 heterocycles. The second-order valence-corrected chi connectivity index (χ2v) is 32.1. The Kier molecular flexibility index (Phi) is 69.3. The minimum atomic E-state index is -4.96. The maximum Gasteiger partial charge on any atom is 0.472 e. The predicted octanol–water partition coefficient (Wildman–Crippen LogP) is 23.5. The Balaban J connectivity index is 5.23. The van der Waals surface area contributed by atoms with Crippen LogP contribution in [0.5, 0.6) is 0 Å². The zero-order chi connectivity index (χ0) is 72.1. The van der Waals surface area contributed by atoms with E-state index in [1.807, 2.05) is 0 Å². The van der Waals surface area contributed by atoms with Gasteiger partial charge in [-0.15, -0.1) is 0 Å². The van der Waals surface area contributed by atoms with Crippen LogP contribution >= 0.6 is 15.6 Å². The molecule has 0 radical (unpaired) electrons. The molecule has 0 saturated carbocycles. The summed E-state index contributed by atoms with van der Waals surface area (Å²) in [6.45, 7) is 9.69. The zero-order valence-corrected chi connectivity index (χ0v) is 65.9. The van der Waals surface area contributed by atoms with Crippen LogP contribution in [0.1, 0.15) is 414 Å². The number of hydrogen-bond donors (Lipinski definition) is 3. The molecule has 0 spiro atoms. The van der Waals surface area contributed by atoms with Gasteiger partial charge < -0.3 is 33.8 Å². The number of phosphoric ester groups is 2. The molecular formula is C79H154O17P2. The number of rotatable bonds is 78. The molecule has 0 rings (SSSR count). The highest BCUT2D eigenvalue weighted by Gasteiger charge is 2.30. The Morgan fingerprint density at radius 3 is 0.776 bits per heavy atom. The van der Waals surface area contributed by atoms with Gasteiger partial charge in [0.05, 0.1) is 26.4 Å². The Morgan fingerprint density at radius 2 is 0.520 bits per heavy atom. The van der Waals surface area contributed by atoms with Crippen LogP contribution in [-0.4, -0.2) is 96.7 Å². The summed E-state index contributed by atoms with van der Waals surface area (Å²) in [7, 11) is -9.91. The Bertz CT molecular complexity index is 1890. The van der Waals surface area contributed by atoms with E-state index in [1.165, 1.54) is 231 Å². The lowest BCUT2D eigenvalue weighted by molar-refractivity contribution is -0.161. The first-order valence-electron chi connectivity index (χ1n) is 41.0. The van der Waals surface area contributed by atoms with Crippen LogP contribution in [0, 0.1) is 11.8 Å². The van der Waals surface area contributed by atoms with Crippen molar-refractivity contribution in [3.63, 3.8) is 0 Å². The van der Waals surface area contributed by atoms with Crippen LogP contribution in [0.15, 0.2) is 0 Å². The minimum Gasteiger partial charge on any atom is -0.462 e. The zero-order valence-electron chi connectivity index (χ0n) is 64.1. The van der Waals surface area contributed by atoms with Gasteiger partial charge >= 0.3 is 39.5 Å². The lowest BCUT2D eigenvalue weighted by atomic mass is 9.99. The van der Waals surface area contributed by atoms with Crippen molar-refractivity contribution in [2.45, 2.75) is 432 Å².